The van der Waals surface area contributed by atoms with Crippen molar-refractivity contribution in [3.05, 3.63) is 24.0 Å². The maximum absolute atomic E-state index is 12.6. The Hall–Kier alpha value is -1.82. The number of aliphatic hydroxyl groups is 1. The lowest BCUT2D eigenvalue weighted by Crippen LogP contribution is -2.48. The molecule has 1 saturated heterocycles. The number of carbonyl (C=O) groups excluding carboxylic acids is 1. The van der Waals surface area contributed by atoms with Crippen molar-refractivity contribution >= 4 is 6.09 Å². The van der Waals surface area contributed by atoms with Gasteiger partial charge in [-0.25, -0.2) is 4.79 Å². The first kappa shape index (κ1) is 19.0. The molecule has 0 bridgehead atoms. The minimum Gasteiger partial charge on any atom is -0.490 e. The first-order valence-corrected chi connectivity index (χ1v) is 9.63. The standard InChI is InChI=1S/C20H30N2O4/c1-20(2,3)26-19(24)22-12-5-4-9-16(22)18(23)15-13-21-11-10-17(15)25-14-7-6-8-14/h10-11,13-14,16,18,23H,4-9,12H2,1-3H3/t16-,18?/m1/s1. The molecule has 1 N–H and O–H groups in total. The van der Waals surface area contributed by atoms with Crippen LogP contribution in [-0.2, 0) is 4.74 Å². The highest BCUT2D eigenvalue weighted by molar-refractivity contribution is 5.69. The van der Waals surface area contributed by atoms with Crippen molar-refractivity contribution in [2.45, 2.75) is 83.1 Å². The van der Waals surface area contributed by atoms with E-state index in [1.165, 1.54) is 6.42 Å². The van der Waals surface area contributed by atoms with Crippen LogP contribution in [0.3, 0.4) is 0 Å². The lowest BCUT2D eigenvalue weighted by atomic mass is 9.93. The van der Waals surface area contributed by atoms with Crippen LogP contribution in [0.1, 0.15) is 71.0 Å². The fourth-order valence-electron chi connectivity index (χ4n) is 3.43. The highest BCUT2D eigenvalue weighted by atomic mass is 16.6. The van der Waals surface area contributed by atoms with Gasteiger partial charge >= 0.3 is 6.09 Å². The Balaban J connectivity index is 1.78. The van der Waals surface area contributed by atoms with Crippen LogP contribution in [0.2, 0.25) is 0 Å². The number of hydrogen-bond acceptors (Lipinski definition) is 5. The lowest BCUT2D eigenvalue weighted by Gasteiger charge is -2.39. The maximum Gasteiger partial charge on any atom is 0.410 e. The molecule has 0 spiro atoms. The number of ether oxygens (including phenoxy) is 2. The van der Waals surface area contributed by atoms with Crippen LogP contribution in [-0.4, -0.2) is 45.4 Å². The molecule has 2 fully saturated rings. The Morgan fingerprint density at radius 2 is 2.04 bits per heavy atom. The van der Waals surface area contributed by atoms with Crippen LogP contribution in [0.4, 0.5) is 4.79 Å². The molecule has 3 rings (SSSR count). The molecule has 144 valence electrons. The van der Waals surface area contributed by atoms with Crippen molar-refractivity contribution in [3.63, 3.8) is 0 Å². The summed E-state index contributed by atoms with van der Waals surface area (Å²) in [5.41, 5.74) is 0.0939. The van der Waals surface area contributed by atoms with Gasteiger partial charge in [0.1, 0.15) is 17.5 Å². The molecule has 1 aliphatic carbocycles. The number of pyridine rings is 1. The smallest absolute Gasteiger partial charge is 0.410 e. The summed E-state index contributed by atoms with van der Waals surface area (Å²) < 4.78 is 11.6. The summed E-state index contributed by atoms with van der Waals surface area (Å²) in [6.07, 6.45) is 8.24. The minimum absolute atomic E-state index is 0.219. The predicted molar refractivity (Wildman–Crippen MR) is 98.0 cm³/mol. The highest BCUT2D eigenvalue weighted by Gasteiger charge is 2.36. The molecule has 1 amide bonds. The molecule has 26 heavy (non-hydrogen) atoms. The largest absolute Gasteiger partial charge is 0.490 e. The number of piperidine rings is 1. The average molecular weight is 362 g/mol. The van der Waals surface area contributed by atoms with Crippen molar-refractivity contribution in [2.75, 3.05) is 6.54 Å². The number of hydrogen-bond donors (Lipinski definition) is 1. The van der Waals surface area contributed by atoms with Crippen LogP contribution >= 0.6 is 0 Å². The van der Waals surface area contributed by atoms with E-state index in [4.69, 9.17) is 9.47 Å². The van der Waals surface area contributed by atoms with Crippen molar-refractivity contribution in [3.8, 4) is 5.75 Å². The summed E-state index contributed by atoms with van der Waals surface area (Å²) in [6.45, 7) is 6.15. The van der Waals surface area contributed by atoms with Gasteiger partial charge in [-0.1, -0.05) is 0 Å². The molecule has 6 nitrogen and oxygen atoms in total. The Bertz CT molecular complexity index is 624. The Kier molecular flexibility index (Phi) is 5.70. The third-order valence-corrected chi connectivity index (χ3v) is 5.02. The summed E-state index contributed by atoms with van der Waals surface area (Å²) in [7, 11) is 0. The van der Waals surface area contributed by atoms with Crippen LogP contribution in [0.5, 0.6) is 5.75 Å². The number of aromatic nitrogens is 1. The van der Waals surface area contributed by atoms with Crippen molar-refractivity contribution in [2.24, 2.45) is 0 Å². The van der Waals surface area contributed by atoms with E-state index in [0.717, 1.165) is 32.1 Å². The van der Waals surface area contributed by atoms with Gasteiger partial charge in [-0.3, -0.25) is 4.98 Å². The fraction of sp³-hybridized carbons (Fsp3) is 0.700. The van der Waals surface area contributed by atoms with E-state index in [0.29, 0.717) is 17.9 Å². The van der Waals surface area contributed by atoms with Gasteiger partial charge in [0.2, 0.25) is 0 Å². The molecule has 2 aliphatic rings. The van der Waals surface area contributed by atoms with Crippen LogP contribution in [0, 0.1) is 0 Å². The van der Waals surface area contributed by atoms with Crippen LogP contribution in [0.25, 0.3) is 0 Å². The number of nitrogens with zero attached hydrogens (tertiary/aromatic N) is 2. The molecule has 1 saturated carbocycles. The third kappa shape index (κ3) is 4.47. The molecule has 1 aromatic rings. The summed E-state index contributed by atoms with van der Waals surface area (Å²) in [4.78, 5) is 18.5. The zero-order valence-electron chi connectivity index (χ0n) is 16.0. The third-order valence-electron chi connectivity index (χ3n) is 5.02. The Morgan fingerprint density at radius 3 is 2.69 bits per heavy atom. The van der Waals surface area contributed by atoms with Crippen LogP contribution < -0.4 is 4.74 Å². The monoisotopic (exact) mass is 362 g/mol. The lowest BCUT2D eigenvalue weighted by molar-refractivity contribution is -0.0180. The van der Waals surface area contributed by atoms with E-state index in [-0.39, 0.29) is 18.2 Å². The van der Waals surface area contributed by atoms with Crippen molar-refractivity contribution in [1.82, 2.24) is 9.88 Å². The van der Waals surface area contributed by atoms with Gasteiger partial charge in [-0.15, -0.1) is 0 Å². The van der Waals surface area contributed by atoms with E-state index >= 15 is 0 Å². The molecule has 1 unspecified atom stereocenters. The van der Waals surface area contributed by atoms with Crippen LogP contribution in [0.15, 0.2) is 18.5 Å². The molecule has 0 radical (unpaired) electrons. The molecule has 0 aromatic carbocycles. The molecule has 1 aliphatic heterocycles. The second-order valence-electron chi connectivity index (χ2n) is 8.27. The first-order chi connectivity index (χ1) is 12.3. The number of rotatable bonds is 4. The molecule has 2 atom stereocenters. The SMILES string of the molecule is CC(C)(C)OC(=O)N1CCCC[C@@H]1C(O)c1cnccc1OC1CCC1. The molecule has 1 aromatic heterocycles. The molecule has 6 heteroatoms. The summed E-state index contributed by atoms with van der Waals surface area (Å²) in [6, 6.07) is 1.48. The normalized spacial score (nSPS) is 22.5. The molecular weight excluding hydrogens is 332 g/mol. The molecular formula is C20H30N2O4. The number of likely N-dealkylation sites (tertiary alicyclic amines) is 1. The Morgan fingerprint density at radius 1 is 1.27 bits per heavy atom. The van der Waals surface area contributed by atoms with E-state index < -0.39 is 11.7 Å². The topological polar surface area (TPSA) is 71.9 Å². The second-order valence-corrected chi connectivity index (χ2v) is 8.27. The highest BCUT2D eigenvalue weighted by Crippen LogP contribution is 2.35. The van der Waals surface area contributed by atoms with Gasteiger partial charge in [0.15, 0.2) is 0 Å². The van der Waals surface area contributed by atoms with E-state index in [1.807, 2.05) is 20.8 Å². The van der Waals surface area contributed by atoms with Gasteiger partial charge < -0.3 is 19.5 Å². The number of carbonyl (C=O) groups is 1. The van der Waals surface area contributed by atoms with Gasteiger partial charge in [0.25, 0.3) is 0 Å². The van der Waals surface area contributed by atoms with Gasteiger partial charge in [0.05, 0.1) is 12.1 Å². The predicted octanol–water partition coefficient (Wildman–Crippen LogP) is 3.84. The van der Waals surface area contributed by atoms with Crippen molar-refractivity contribution < 1.29 is 19.4 Å². The minimum atomic E-state index is -0.841. The number of aliphatic hydroxyl groups excluding tert-OH is 1. The van der Waals surface area contributed by atoms with E-state index in [1.54, 1.807) is 23.4 Å². The zero-order chi connectivity index (χ0) is 18.7. The van der Waals surface area contributed by atoms with Gasteiger partial charge in [-0.05, 0) is 65.4 Å². The summed E-state index contributed by atoms with van der Waals surface area (Å²) >= 11 is 0. The quantitative estimate of drug-likeness (QED) is 0.881. The summed E-state index contributed by atoms with van der Waals surface area (Å²) in [5, 5.41) is 11.1. The second kappa shape index (κ2) is 7.82. The average Bonchev–Trinajstić information content (AvgIpc) is 2.56. The van der Waals surface area contributed by atoms with Crippen molar-refractivity contribution in [1.29, 1.82) is 0 Å². The maximum atomic E-state index is 12.6. The van der Waals surface area contributed by atoms with Gasteiger partial charge in [-0.2, -0.15) is 0 Å². The molecule has 2 heterocycles. The van der Waals surface area contributed by atoms with Gasteiger partial charge in [0, 0.05) is 24.5 Å². The Labute approximate surface area is 155 Å². The summed E-state index contributed by atoms with van der Waals surface area (Å²) in [5.74, 6) is 0.673. The van der Waals surface area contributed by atoms with E-state index in [9.17, 15) is 9.90 Å². The van der Waals surface area contributed by atoms with E-state index in [2.05, 4.69) is 4.98 Å². The fourth-order valence-corrected chi connectivity index (χ4v) is 3.43. The first-order valence-electron chi connectivity index (χ1n) is 9.63. The number of amides is 1. The zero-order valence-corrected chi connectivity index (χ0v) is 16.0.